The first-order valence-corrected chi connectivity index (χ1v) is 11.7. The highest BCUT2D eigenvalue weighted by molar-refractivity contribution is 7.88. The van der Waals surface area contributed by atoms with Crippen molar-refractivity contribution in [3.63, 3.8) is 0 Å². The Hall–Kier alpha value is -1.52. The van der Waals surface area contributed by atoms with Gasteiger partial charge in [-0.2, -0.15) is 21.6 Å². The van der Waals surface area contributed by atoms with Crippen LogP contribution in [0.5, 0.6) is 11.5 Å². The summed E-state index contributed by atoms with van der Waals surface area (Å²) < 4.78 is 85.2. The molecule has 30 heavy (non-hydrogen) atoms. The van der Waals surface area contributed by atoms with E-state index in [-0.39, 0.29) is 5.75 Å². The molecule has 5 aliphatic rings. The Labute approximate surface area is 171 Å². The fourth-order valence-electron chi connectivity index (χ4n) is 6.84. The zero-order valence-electron chi connectivity index (χ0n) is 16.0. The zero-order chi connectivity index (χ0) is 20.9. The molecule has 1 aromatic rings. The van der Waals surface area contributed by atoms with Crippen LogP contribution in [0, 0.1) is 11.8 Å². The quantitative estimate of drug-likeness (QED) is 0.512. The molecule has 3 aliphatic carbocycles. The summed E-state index contributed by atoms with van der Waals surface area (Å²) in [6.45, 7) is 0.859. The second-order valence-corrected chi connectivity index (χ2v) is 10.5. The molecule has 2 spiro atoms. The van der Waals surface area contributed by atoms with Crippen molar-refractivity contribution in [2.45, 2.75) is 61.3 Å². The van der Waals surface area contributed by atoms with Crippen molar-refractivity contribution in [3.8, 4) is 11.5 Å². The molecule has 1 aromatic carbocycles. The van der Waals surface area contributed by atoms with Gasteiger partial charge in [-0.3, -0.25) is 0 Å². The molecule has 6 rings (SSSR count). The molecule has 3 fully saturated rings. The average molecular weight is 446 g/mol. The molecule has 164 valence electrons. The number of alkyl halides is 3. The number of hydrogen-bond donors (Lipinski definition) is 0. The lowest BCUT2D eigenvalue weighted by Crippen LogP contribution is -2.65. The minimum atomic E-state index is -5.81. The Bertz CT molecular complexity index is 1020. The SMILES string of the molecule is O=S(=O)(Oc1ccc2c3c1O[C@@H]1C4(CC[C@@H]5[C@@H](CCC[C@]351)C2)OCCO4)C(F)(F)F. The van der Waals surface area contributed by atoms with Gasteiger partial charge in [-0.15, -0.1) is 0 Å². The van der Waals surface area contributed by atoms with E-state index >= 15 is 0 Å². The molecule has 0 N–H and O–H groups in total. The van der Waals surface area contributed by atoms with E-state index in [0.29, 0.717) is 31.5 Å². The molecule has 0 aromatic heterocycles. The lowest BCUT2D eigenvalue weighted by atomic mass is 9.47. The monoisotopic (exact) mass is 446 g/mol. The first-order chi connectivity index (χ1) is 14.2. The minimum Gasteiger partial charge on any atom is -0.480 e. The van der Waals surface area contributed by atoms with Crippen LogP contribution in [0.4, 0.5) is 13.2 Å². The Balaban J connectivity index is 1.54. The standard InChI is InChI=1S/C20H21F3O6S/c21-20(22,23)30(24,25)29-14-4-3-12-10-11-2-1-6-18-13(11)5-7-19(26-8-9-27-19)17(18)28-16(14)15(12)18/h3-4,11,13,17H,1-2,5-10H2/t11-,13+,17-,18+/m0/s1. The van der Waals surface area contributed by atoms with Gasteiger partial charge in [-0.05, 0) is 49.1 Å². The lowest BCUT2D eigenvalue weighted by Gasteiger charge is -2.58. The van der Waals surface area contributed by atoms with E-state index in [2.05, 4.69) is 4.18 Å². The van der Waals surface area contributed by atoms with Gasteiger partial charge in [0.25, 0.3) is 0 Å². The molecule has 0 amide bonds. The largest absolute Gasteiger partial charge is 0.534 e. The first-order valence-electron chi connectivity index (χ1n) is 10.3. The maximum absolute atomic E-state index is 13.0. The molecular formula is C20H21F3O6S. The highest BCUT2D eigenvalue weighted by Crippen LogP contribution is 2.68. The second-order valence-electron chi connectivity index (χ2n) is 8.96. The number of halogens is 3. The second kappa shape index (κ2) is 5.83. The van der Waals surface area contributed by atoms with E-state index in [9.17, 15) is 21.6 Å². The topological polar surface area (TPSA) is 71.1 Å². The van der Waals surface area contributed by atoms with Gasteiger partial charge in [0.1, 0.15) is 0 Å². The van der Waals surface area contributed by atoms with Gasteiger partial charge in [0.2, 0.25) is 5.79 Å². The van der Waals surface area contributed by atoms with Crippen LogP contribution in [0.1, 0.15) is 43.2 Å². The van der Waals surface area contributed by atoms with Gasteiger partial charge < -0.3 is 18.4 Å². The maximum atomic E-state index is 13.0. The van der Waals surface area contributed by atoms with E-state index < -0.39 is 38.7 Å². The maximum Gasteiger partial charge on any atom is 0.534 e. The normalized spacial score (nSPS) is 35.8. The number of fused-ring (bicyclic) bond motifs is 1. The molecule has 10 heteroatoms. The van der Waals surface area contributed by atoms with Crippen molar-refractivity contribution in [1.29, 1.82) is 0 Å². The Morgan fingerprint density at radius 1 is 1.10 bits per heavy atom. The molecule has 2 saturated carbocycles. The summed E-state index contributed by atoms with van der Waals surface area (Å²) in [7, 11) is -5.81. The summed E-state index contributed by atoms with van der Waals surface area (Å²) in [4.78, 5) is 0. The van der Waals surface area contributed by atoms with E-state index in [1.54, 1.807) is 6.07 Å². The van der Waals surface area contributed by atoms with Crippen LogP contribution in [0.2, 0.25) is 0 Å². The highest BCUT2D eigenvalue weighted by atomic mass is 32.2. The van der Waals surface area contributed by atoms with Gasteiger partial charge in [-0.1, -0.05) is 12.5 Å². The Kier molecular flexibility index (Phi) is 3.73. The van der Waals surface area contributed by atoms with E-state index in [1.807, 2.05) is 0 Å². The number of ether oxygens (including phenoxy) is 3. The third kappa shape index (κ3) is 2.25. The summed E-state index contributed by atoms with van der Waals surface area (Å²) in [6, 6.07) is 2.98. The molecule has 2 bridgehead atoms. The molecule has 2 heterocycles. The third-order valence-corrected chi connectivity index (χ3v) is 8.68. The fourth-order valence-corrected chi connectivity index (χ4v) is 7.31. The molecule has 1 saturated heterocycles. The number of hydrogen-bond acceptors (Lipinski definition) is 6. The van der Waals surface area contributed by atoms with Crippen molar-refractivity contribution >= 4 is 10.1 Å². The summed E-state index contributed by atoms with van der Waals surface area (Å²) >= 11 is 0. The Morgan fingerprint density at radius 3 is 2.60 bits per heavy atom. The lowest BCUT2D eigenvalue weighted by molar-refractivity contribution is -0.259. The van der Waals surface area contributed by atoms with Gasteiger partial charge in [-0.25, -0.2) is 0 Å². The summed E-state index contributed by atoms with van der Waals surface area (Å²) in [5, 5.41) is 0. The van der Waals surface area contributed by atoms with E-state index in [4.69, 9.17) is 14.2 Å². The molecule has 0 unspecified atom stereocenters. The molecular weight excluding hydrogens is 425 g/mol. The Morgan fingerprint density at radius 2 is 1.87 bits per heavy atom. The smallest absolute Gasteiger partial charge is 0.480 e. The molecule has 0 radical (unpaired) electrons. The van der Waals surface area contributed by atoms with Crippen LogP contribution in [0.25, 0.3) is 0 Å². The molecule has 2 aliphatic heterocycles. The fraction of sp³-hybridized carbons (Fsp3) is 0.700. The van der Waals surface area contributed by atoms with Gasteiger partial charge in [0.15, 0.2) is 17.6 Å². The number of rotatable bonds is 2. The summed E-state index contributed by atoms with van der Waals surface area (Å²) in [6.07, 6.45) is 4.71. The minimum absolute atomic E-state index is 0.107. The van der Waals surface area contributed by atoms with Crippen LogP contribution < -0.4 is 8.92 Å². The van der Waals surface area contributed by atoms with Gasteiger partial charge in [0, 0.05) is 17.4 Å². The zero-order valence-corrected chi connectivity index (χ0v) is 16.9. The number of benzene rings is 1. The highest BCUT2D eigenvalue weighted by Gasteiger charge is 2.70. The van der Waals surface area contributed by atoms with E-state index in [1.165, 1.54) is 6.07 Å². The van der Waals surface area contributed by atoms with Gasteiger partial charge in [0.05, 0.1) is 13.2 Å². The van der Waals surface area contributed by atoms with E-state index in [0.717, 1.165) is 43.2 Å². The summed E-state index contributed by atoms with van der Waals surface area (Å²) in [5.41, 5.74) is -4.16. The summed E-state index contributed by atoms with van der Waals surface area (Å²) in [5.74, 6) is -0.487. The molecule has 4 atom stereocenters. The van der Waals surface area contributed by atoms with Crippen molar-refractivity contribution in [1.82, 2.24) is 0 Å². The van der Waals surface area contributed by atoms with Crippen LogP contribution in [0.15, 0.2) is 12.1 Å². The van der Waals surface area contributed by atoms with Crippen LogP contribution in [-0.2, 0) is 31.4 Å². The van der Waals surface area contributed by atoms with Crippen molar-refractivity contribution in [2.75, 3.05) is 13.2 Å². The van der Waals surface area contributed by atoms with Crippen LogP contribution in [-0.4, -0.2) is 39.0 Å². The van der Waals surface area contributed by atoms with Crippen molar-refractivity contribution in [3.05, 3.63) is 23.3 Å². The predicted octanol–water partition coefficient (Wildman–Crippen LogP) is 3.42. The predicted molar refractivity (Wildman–Crippen MR) is 96.5 cm³/mol. The average Bonchev–Trinajstić information content (AvgIpc) is 3.26. The van der Waals surface area contributed by atoms with Gasteiger partial charge >= 0.3 is 15.6 Å². The van der Waals surface area contributed by atoms with Crippen molar-refractivity contribution < 1.29 is 40.0 Å². The van der Waals surface area contributed by atoms with Crippen LogP contribution >= 0.6 is 0 Å². The first kappa shape index (κ1) is 19.2. The molecule has 6 nitrogen and oxygen atoms in total. The van der Waals surface area contributed by atoms with Crippen molar-refractivity contribution in [2.24, 2.45) is 11.8 Å². The third-order valence-electron chi connectivity index (χ3n) is 7.72. The van der Waals surface area contributed by atoms with Crippen LogP contribution in [0.3, 0.4) is 0 Å².